The zero-order valence-electron chi connectivity index (χ0n) is 14.5. The molecule has 0 aliphatic carbocycles. The quantitative estimate of drug-likeness (QED) is 0.817. The summed E-state index contributed by atoms with van der Waals surface area (Å²) < 4.78 is 5.28. The summed E-state index contributed by atoms with van der Waals surface area (Å²) in [6.45, 7) is 1.95. The van der Waals surface area contributed by atoms with Crippen LogP contribution in [0.3, 0.4) is 0 Å². The van der Waals surface area contributed by atoms with Gasteiger partial charge in [-0.25, -0.2) is 0 Å². The molecule has 0 unspecified atom stereocenters. The van der Waals surface area contributed by atoms with Crippen LogP contribution in [0.5, 0.6) is 5.75 Å². The lowest BCUT2D eigenvalue weighted by atomic mass is 9.75. The van der Waals surface area contributed by atoms with Crippen molar-refractivity contribution >= 4 is 12.0 Å². The first kappa shape index (κ1) is 17.2. The van der Waals surface area contributed by atoms with E-state index in [1.54, 1.807) is 7.11 Å². The molecule has 2 aromatic rings. The van der Waals surface area contributed by atoms with Crippen LogP contribution in [0.4, 0.5) is 0 Å². The Hall–Kier alpha value is -2.59. The van der Waals surface area contributed by atoms with Gasteiger partial charge in [0.1, 0.15) is 5.75 Å². The molecule has 1 saturated heterocycles. The van der Waals surface area contributed by atoms with Crippen molar-refractivity contribution < 1.29 is 9.53 Å². The van der Waals surface area contributed by atoms with Gasteiger partial charge in [0.25, 0.3) is 0 Å². The van der Waals surface area contributed by atoms with Gasteiger partial charge in [-0.2, -0.15) is 0 Å². The lowest BCUT2D eigenvalue weighted by Gasteiger charge is -2.41. The lowest BCUT2D eigenvalue weighted by molar-refractivity contribution is -0.133. The van der Waals surface area contributed by atoms with Crippen molar-refractivity contribution in [2.24, 2.45) is 5.41 Å². The molecule has 2 N–H and O–H groups in total. The maximum atomic E-state index is 12.7. The van der Waals surface area contributed by atoms with E-state index in [0.29, 0.717) is 26.1 Å². The highest BCUT2D eigenvalue weighted by Crippen LogP contribution is 2.29. The Bertz CT molecular complexity index is 737. The van der Waals surface area contributed by atoms with Crippen LogP contribution in [-0.2, 0) is 11.2 Å². The van der Waals surface area contributed by atoms with Crippen LogP contribution >= 0.6 is 0 Å². The van der Waals surface area contributed by atoms with E-state index in [2.05, 4.69) is 10.6 Å². The molecule has 0 aromatic heterocycles. The van der Waals surface area contributed by atoms with Gasteiger partial charge in [-0.3, -0.25) is 4.79 Å². The molecular weight excluding hydrogens is 312 g/mol. The maximum absolute atomic E-state index is 12.7. The van der Waals surface area contributed by atoms with Crippen LogP contribution in [-0.4, -0.2) is 32.7 Å². The number of carbonyl (C=O) groups is 1. The molecule has 1 heterocycles. The Morgan fingerprint density at radius 1 is 1.20 bits per heavy atom. The van der Waals surface area contributed by atoms with Crippen LogP contribution in [0.15, 0.2) is 60.7 Å². The van der Waals surface area contributed by atoms with Crippen LogP contribution < -0.4 is 15.4 Å². The molecule has 0 radical (unpaired) electrons. The van der Waals surface area contributed by atoms with Crippen molar-refractivity contribution in [1.82, 2.24) is 10.6 Å². The summed E-state index contributed by atoms with van der Waals surface area (Å²) in [6.07, 6.45) is 4.72. The number of amides is 1. The summed E-state index contributed by atoms with van der Waals surface area (Å²) in [7, 11) is 1.66. The van der Waals surface area contributed by atoms with Gasteiger partial charge >= 0.3 is 0 Å². The highest BCUT2D eigenvalue weighted by Gasteiger charge is 2.43. The van der Waals surface area contributed by atoms with Crippen LogP contribution in [0.1, 0.15) is 11.1 Å². The number of hydrogen-bond donors (Lipinski definition) is 2. The third kappa shape index (κ3) is 4.28. The molecule has 0 bridgehead atoms. The fraction of sp³-hybridized carbons (Fsp3) is 0.286. The van der Waals surface area contributed by atoms with Gasteiger partial charge in [-0.1, -0.05) is 54.6 Å². The number of rotatable bonds is 7. The molecule has 0 atom stereocenters. The molecule has 1 aliphatic rings. The summed E-state index contributed by atoms with van der Waals surface area (Å²) in [5, 5.41) is 6.29. The summed E-state index contributed by atoms with van der Waals surface area (Å²) in [5.41, 5.74) is 1.89. The predicted octanol–water partition coefficient (Wildman–Crippen LogP) is 2.66. The van der Waals surface area contributed by atoms with E-state index in [1.165, 1.54) is 0 Å². The van der Waals surface area contributed by atoms with Crippen molar-refractivity contribution in [3.05, 3.63) is 71.8 Å². The van der Waals surface area contributed by atoms with Crippen LogP contribution in [0.2, 0.25) is 0 Å². The highest BCUT2D eigenvalue weighted by atomic mass is 16.5. The summed E-state index contributed by atoms with van der Waals surface area (Å²) in [6, 6.07) is 18.0. The average Bonchev–Trinajstić information content (AvgIpc) is 2.62. The topological polar surface area (TPSA) is 50.4 Å². The molecule has 0 spiro atoms. The van der Waals surface area contributed by atoms with E-state index in [9.17, 15) is 4.79 Å². The van der Waals surface area contributed by atoms with Gasteiger partial charge in [0.2, 0.25) is 5.91 Å². The fourth-order valence-corrected chi connectivity index (χ4v) is 3.06. The standard InChI is InChI=1S/C21H24N2O2/c1-25-19-11-5-9-18(13-19)14-21(15-22-16-21)20(24)23-12-6-10-17-7-3-2-4-8-17/h2-11,13,22H,12,14-16H2,1H3,(H,23,24). The molecule has 1 fully saturated rings. The highest BCUT2D eigenvalue weighted by molar-refractivity contribution is 5.84. The van der Waals surface area contributed by atoms with Crippen molar-refractivity contribution in [3.63, 3.8) is 0 Å². The van der Waals surface area contributed by atoms with Gasteiger partial charge in [-0.05, 0) is 29.7 Å². The van der Waals surface area contributed by atoms with Gasteiger partial charge in [-0.15, -0.1) is 0 Å². The minimum atomic E-state index is -0.368. The van der Waals surface area contributed by atoms with Crippen molar-refractivity contribution in [2.45, 2.75) is 6.42 Å². The van der Waals surface area contributed by atoms with E-state index in [4.69, 9.17) is 4.74 Å². The first-order valence-corrected chi connectivity index (χ1v) is 8.55. The second-order valence-electron chi connectivity index (χ2n) is 6.44. The first-order valence-electron chi connectivity index (χ1n) is 8.55. The molecule has 1 amide bonds. The number of nitrogens with one attached hydrogen (secondary N) is 2. The van der Waals surface area contributed by atoms with Crippen LogP contribution in [0.25, 0.3) is 6.08 Å². The second kappa shape index (κ2) is 7.99. The number of methoxy groups -OCH3 is 1. The third-order valence-electron chi connectivity index (χ3n) is 4.58. The number of carbonyl (C=O) groups excluding carboxylic acids is 1. The molecule has 4 heteroatoms. The van der Waals surface area contributed by atoms with Crippen molar-refractivity contribution in [3.8, 4) is 5.75 Å². The summed E-state index contributed by atoms with van der Waals surface area (Å²) in [4.78, 5) is 12.7. The number of benzene rings is 2. The second-order valence-corrected chi connectivity index (χ2v) is 6.44. The molecule has 3 rings (SSSR count). The zero-order valence-corrected chi connectivity index (χ0v) is 14.5. The summed E-state index contributed by atoms with van der Waals surface area (Å²) in [5.74, 6) is 0.929. The van der Waals surface area contributed by atoms with Crippen molar-refractivity contribution in [2.75, 3.05) is 26.7 Å². The molecule has 0 saturated carbocycles. The molecular formula is C21H24N2O2. The first-order chi connectivity index (χ1) is 12.2. The van der Waals surface area contributed by atoms with Crippen molar-refractivity contribution in [1.29, 1.82) is 0 Å². The largest absolute Gasteiger partial charge is 0.497 e. The van der Waals surface area contributed by atoms with Gasteiger partial charge in [0, 0.05) is 19.6 Å². The minimum Gasteiger partial charge on any atom is -0.497 e. The zero-order chi connectivity index (χ0) is 17.5. The molecule has 1 aliphatic heterocycles. The Kier molecular flexibility index (Phi) is 5.51. The van der Waals surface area contributed by atoms with E-state index in [1.807, 2.05) is 66.7 Å². The van der Waals surface area contributed by atoms with Crippen LogP contribution in [0, 0.1) is 5.41 Å². The Morgan fingerprint density at radius 3 is 2.68 bits per heavy atom. The minimum absolute atomic E-state index is 0.104. The number of hydrogen-bond acceptors (Lipinski definition) is 3. The molecule has 130 valence electrons. The third-order valence-corrected chi connectivity index (χ3v) is 4.58. The Balaban J connectivity index is 1.58. The lowest BCUT2D eigenvalue weighted by Crippen LogP contribution is -2.62. The molecule has 25 heavy (non-hydrogen) atoms. The Morgan fingerprint density at radius 2 is 2.00 bits per heavy atom. The van der Waals surface area contributed by atoms with E-state index >= 15 is 0 Å². The van der Waals surface area contributed by atoms with E-state index in [-0.39, 0.29) is 11.3 Å². The van der Waals surface area contributed by atoms with Gasteiger partial charge in [0.05, 0.1) is 12.5 Å². The normalized spacial score (nSPS) is 15.6. The SMILES string of the molecule is COc1cccc(CC2(C(=O)NCC=Cc3ccccc3)CNC2)c1. The maximum Gasteiger partial charge on any atom is 0.229 e. The van der Waals surface area contributed by atoms with E-state index < -0.39 is 0 Å². The average molecular weight is 336 g/mol. The van der Waals surface area contributed by atoms with Gasteiger partial charge in [0.15, 0.2) is 0 Å². The number of ether oxygens (including phenoxy) is 1. The fourth-order valence-electron chi connectivity index (χ4n) is 3.06. The predicted molar refractivity (Wildman–Crippen MR) is 100 cm³/mol. The van der Waals surface area contributed by atoms with Gasteiger partial charge < -0.3 is 15.4 Å². The smallest absolute Gasteiger partial charge is 0.229 e. The Labute approximate surface area is 148 Å². The molecule has 2 aromatic carbocycles. The molecule has 4 nitrogen and oxygen atoms in total. The monoisotopic (exact) mass is 336 g/mol. The summed E-state index contributed by atoms with van der Waals surface area (Å²) >= 11 is 0. The van der Waals surface area contributed by atoms with E-state index in [0.717, 1.165) is 16.9 Å².